The summed E-state index contributed by atoms with van der Waals surface area (Å²) in [6.45, 7) is 0.612. The number of nitrogens with zero attached hydrogens (tertiary/aromatic N) is 3. The van der Waals surface area contributed by atoms with Crippen molar-refractivity contribution in [1.29, 1.82) is 0 Å². The molecule has 16 heavy (non-hydrogen) atoms. The van der Waals surface area contributed by atoms with Gasteiger partial charge in [0.15, 0.2) is 0 Å². The summed E-state index contributed by atoms with van der Waals surface area (Å²) >= 11 is 5.68. The Morgan fingerprint density at radius 1 is 1.25 bits per heavy atom. The van der Waals surface area contributed by atoms with Crippen LogP contribution in [0.25, 0.3) is 0 Å². The highest BCUT2D eigenvalue weighted by Gasteiger charge is 1.97. The van der Waals surface area contributed by atoms with Crippen molar-refractivity contribution < 1.29 is 0 Å². The Labute approximate surface area is 97.7 Å². The van der Waals surface area contributed by atoms with Crippen molar-refractivity contribution in [3.63, 3.8) is 0 Å². The van der Waals surface area contributed by atoms with Gasteiger partial charge in [0.25, 0.3) is 0 Å². The molecule has 0 atom stereocenters. The molecule has 0 aromatic carbocycles. The number of halogens is 1. The minimum absolute atomic E-state index is 0.437. The molecule has 5 nitrogen and oxygen atoms in total. The van der Waals surface area contributed by atoms with Crippen LogP contribution < -0.4 is 11.1 Å². The van der Waals surface area contributed by atoms with Crippen molar-refractivity contribution in [3.8, 4) is 0 Å². The van der Waals surface area contributed by atoms with Crippen LogP contribution in [0.1, 0.15) is 5.56 Å². The van der Waals surface area contributed by atoms with Gasteiger partial charge >= 0.3 is 0 Å². The van der Waals surface area contributed by atoms with E-state index in [2.05, 4.69) is 20.3 Å². The van der Waals surface area contributed by atoms with Crippen molar-refractivity contribution >= 4 is 23.2 Å². The molecule has 0 aliphatic carbocycles. The monoisotopic (exact) mass is 235 g/mol. The highest BCUT2D eigenvalue weighted by atomic mass is 35.5. The molecule has 0 bridgehead atoms. The van der Waals surface area contributed by atoms with Crippen LogP contribution in [0.2, 0.25) is 5.15 Å². The fourth-order valence-electron chi connectivity index (χ4n) is 1.17. The van der Waals surface area contributed by atoms with E-state index < -0.39 is 0 Å². The number of aromatic nitrogens is 3. The Morgan fingerprint density at radius 2 is 2.12 bits per heavy atom. The Morgan fingerprint density at radius 3 is 2.81 bits per heavy atom. The fourth-order valence-corrected chi connectivity index (χ4v) is 1.28. The van der Waals surface area contributed by atoms with E-state index in [1.807, 2.05) is 6.07 Å². The molecule has 0 amide bonds. The van der Waals surface area contributed by atoms with E-state index in [9.17, 15) is 0 Å². The zero-order valence-electron chi connectivity index (χ0n) is 8.39. The summed E-state index contributed by atoms with van der Waals surface area (Å²) in [6, 6.07) is 5.31. The maximum atomic E-state index is 5.68. The van der Waals surface area contributed by atoms with Crippen LogP contribution in [-0.2, 0) is 6.54 Å². The molecule has 2 heterocycles. The third-order valence-corrected chi connectivity index (χ3v) is 2.17. The van der Waals surface area contributed by atoms with Crippen LogP contribution >= 0.6 is 11.6 Å². The molecule has 82 valence electrons. The first-order valence-corrected chi connectivity index (χ1v) is 5.03. The first-order chi connectivity index (χ1) is 7.74. The normalized spacial score (nSPS) is 10.1. The summed E-state index contributed by atoms with van der Waals surface area (Å²) in [5.74, 6) is 1.12. The third-order valence-electron chi connectivity index (χ3n) is 1.95. The van der Waals surface area contributed by atoms with E-state index in [0.29, 0.717) is 23.3 Å². The van der Waals surface area contributed by atoms with Gasteiger partial charge in [-0.2, -0.15) is 0 Å². The molecule has 0 saturated carbocycles. The SMILES string of the molecule is Nc1cc(NCc2ccc(Cl)nc2)ncn1. The summed E-state index contributed by atoms with van der Waals surface area (Å²) in [5, 5.41) is 3.59. The summed E-state index contributed by atoms with van der Waals surface area (Å²) < 4.78 is 0. The minimum atomic E-state index is 0.437. The Bertz CT molecular complexity index is 471. The number of rotatable bonds is 3. The summed E-state index contributed by atoms with van der Waals surface area (Å²) in [5.41, 5.74) is 6.54. The van der Waals surface area contributed by atoms with Crippen molar-refractivity contribution in [3.05, 3.63) is 41.4 Å². The maximum absolute atomic E-state index is 5.68. The highest BCUT2D eigenvalue weighted by Crippen LogP contribution is 2.09. The predicted molar refractivity (Wildman–Crippen MR) is 63.0 cm³/mol. The van der Waals surface area contributed by atoms with Crippen LogP contribution in [0.5, 0.6) is 0 Å². The van der Waals surface area contributed by atoms with Crippen LogP contribution in [0.3, 0.4) is 0 Å². The average Bonchev–Trinajstić information content (AvgIpc) is 2.28. The zero-order valence-corrected chi connectivity index (χ0v) is 9.15. The summed E-state index contributed by atoms with van der Waals surface area (Å²) in [7, 11) is 0. The second-order valence-corrected chi connectivity index (χ2v) is 3.56. The first-order valence-electron chi connectivity index (χ1n) is 4.66. The molecule has 2 aromatic heterocycles. The van der Waals surface area contributed by atoms with Crippen LogP contribution in [0.15, 0.2) is 30.7 Å². The Balaban J connectivity index is 1.99. The first kappa shape index (κ1) is 10.6. The van der Waals surface area contributed by atoms with E-state index in [0.717, 1.165) is 5.56 Å². The van der Waals surface area contributed by atoms with Crippen molar-refractivity contribution in [2.24, 2.45) is 0 Å². The van der Waals surface area contributed by atoms with E-state index in [4.69, 9.17) is 17.3 Å². The van der Waals surface area contributed by atoms with E-state index in [1.165, 1.54) is 6.33 Å². The van der Waals surface area contributed by atoms with Gasteiger partial charge in [0.2, 0.25) is 0 Å². The number of anilines is 2. The molecular formula is C10H10ClN5. The molecule has 2 aromatic rings. The zero-order chi connectivity index (χ0) is 11.4. The van der Waals surface area contributed by atoms with Gasteiger partial charge in [0.1, 0.15) is 23.1 Å². The lowest BCUT2D eigenvalue weighted by Gasteiger charge is -2.05. The molecular weight excluding hydrogens is 226 g/mol. The van der Waals surface area contributed by atoms with Gasteiger partial charge in [-0.05, 0) is 11.6 Å². The van der Waals surface area contributed by atoms with Gasteiger partial charge in [-0.3, -0.25) is 0 Å². The molecule has 0 fully saturated rings. The van der Waals surface area contributed by atoms with Crippen LogP contribution in [-0.4, -0.2) is 15.0 Å². The quantitative estimate of drug-likeness (QED) is 0.793. The molecule has 0 saturated heterocycles. The third kappa shape index (κ3) is 2.80. The van der Waals surface area contributed by atoms with Crippen molar-refractivity contribution in [1.82, 2.24) is 15.0 Å². The molecule has 0 spiro atoms. The Kier molecular flexibility index (Phi) is 3.16. The van der Waals surface area contributed by atoms with Crippen molar-refractivity contribution in [2.75, 3.05) is 11.1 Å². The fraction of sp³-hybridized carbons (Fsp3) is 0.100. The van der Waals surface area contributed by atoms with Crippen LogP contribution in [0.4, 0.5) is 11.6 Å². The lowest BCUT2D eigenvalue weighted by atomic mass is 10.3. The van der Waals surface area contributed by atoms with Gasteiger partial charge < -0.3 is 11.1 Å². The van der Waals surface area contributed by atoms with E-state index in [1.54, 1.807) is 18.3 Å². The number of hydrogen-bond donors (Lipinski definition) is 2. The van der Waals surface area contributed by atoms with Gasteiger partial charge in [-0.15, -0.1) is 0 Å². The van der Waals surface area contributed by atoms with Gasteiger partial charge in [-0.25, -0.2) is 15.0 Å². The second-order valence-electron chi connectivity index (χ2n) is 3.17. The molecule has 2 rings (SSSR count). The van der Waals surface area contributed by atoms with Crippen LogP contribution in [0, 0.1) is 0 Å². The van der Waals surface area contributed by atoms with Gasteiger partial charge in [0, 0.05) is 18.8 Å². The standard InChI is InChI=1S/C10H10ClN5/c11-8-2-1-7(4-13-8)5-14-10-3-9(12)15-6-16-10/h1-4,6H,5H2,(H3,12,14,15,16). The molecule has 3 N–H and O–H groups in total. The maximum Gasteiger partial charge on any atom is 0.131 e. The van der Waals surface area contributed by atoms with Crippen molar-refractivity contribution in [2.45, 2.75) is 6.54 Å². The Hall–Kier alpha value is -1.88. The predicted octanol–water partition coefficient (Wildman–Crippen LogP) is 1.72. The summed E-state index contributed by atoms with van der Waals surface area (Å²) in [4.78, 5) is 11.8. The molecule has 0 unspecified atom stereocenters. The largest absolute Gasteiger partial charge is 0.384 e. The lowest BCUT2D eigenvalue weighted by Crippen LogP contribution is -2.03. The molecule has 0 aliphatic rings. The topological polar surface area (TPSA) is 76.7 Å². The number of nitrogens with one attached hydrogen (secondary N) is 1. The average molecular weight is 236 g/mol. The lowest BCUT2D eigenvalue weighted by molar-refractivity contribution is 1.07. The molecule has 0 radical (unpaired) electrons. The minimum Gasteiger partial charge on any atom is -0.384 e. The highest BCUT2D eigenvalue weighted by molar-refractivity contribution is 6.29. The second kappa shape index (κ2) is 4.76. The molecule has 0 aliphatic heterocycles. The summed E-state index contributed by atoms with van der Waals surface area (Å²) in [6.07, 6.45) is 3.12. The number of nitrogen functional groups attached to an aromatic ring is 1. The van der Waals surface area contributed by atoms with E-state index in [-0.39, 0.29) is 0 Å². The number of pyridine rings is 1. The van der Waals surface area contributed by atoms with E-state index >= 15 is 0 Å². The van der Waals surface area contributed by atoms with Gasteiger partial charge in [-0.1, -0.05) is 17.7 Å². The molecule has 6 heteroatoms. The smallest absolute Gasteiger partial charge is 0.131 e. The van der Waals surface area contributed by atoms with Gasteiger partial charge in [0.05, 0.1) is 0 Å². The number of nitrogens with two attached hydrogens (primary N) is 1. The number of hydrogen-bond acceptors (Lipinski definition) is 5.